The van der Waals surface area contributed by atoms with E-state index in [-0.39, 0.29) is 0 Å². The second-order valence-electron chi connectivity index (χ2n) is 6.05. The SMILES string of the molecule is CSc1ccc(-c2noc(CN3CCN(c4ncccn4)CC3)n2)cc1. The molecule has 0 bridgehead atoms. The molecule has 3 heterocycles. The Balaban J connectivity index is 1.35. The van der Waals surface area contributed by atoms with Crippen LogP contribution in [0.25, 0.3) is 11.4 Å². The number of nitrogens with zero attached hydrogens (tertiary/aromatic N) is 6. The first-order valence-electron chi connectivity index (χ1n) is 8.53. The quantitative estimate of drug-likeness (QED) is 0.637. The van der Waals surface area contributed by atoms with E-state index in [0.717, 1.165) is 37.7 Å². The van der Waals surface area contributed by atoms with Gasteiger partial charge in [0.15, 0.2) is 0 Å². The van der Waals surface area contributed by atoms with Crippen LogP contribution < -0.4 is 4.90 Å². The molecule has 134 valence electrons. The number of aromatic nitrogens is 4. The van der Waals surface area contributed by atoms with E-state index >= 15 is 0 Å². The first kappa shape index (κ1) is 17.0. The first-order chi connectivity index (χ1) is 12.8. The van der Waals surface area contributed by atoms with Crippen molar-refractivity contribution in [3.8, 4) is 11.4 Å². The maximum Gasteiger partial charge on any atom is 0.241 e. The summed E-state index contributed by atoms with van der Waals surface area (Å²) in [5.74, 6) is 2.09. The van der Waals surface area contributed by atoms with Crippen LogP contribution in [-0.2, 0) is 6.54 Å². The Kier molecular flexibility index (Phi) is 5.12. The van der Waals surface area contributed by atoms with Crippen LogP contribution in [0.2, 0.25) is 0 Å². The van der Waals surface area contributed by atoms with Gasteiger partial charge in [-0.25, -0.2) is 9.97 Å². The standard InChI is InChI=1S/C18H20N6OS/c1-26-15-5-3-14(4-6-15)17-21-16(25-22-17)13-23-9-11-24(12-10-23)18-19-7-2-8-20-18/h2-8H,9-13H2,1H3. The maximum atomic E-state index is 5.44. The fraction of sp³-hybridized carbons (Fsp3) is 0.333. The molecule has 8 heteroatoms. The zero-order valence-corrected chi connectivity index (χ0v) is 15.4. The Bertz CT molecular complexity index is 830. The normalized spacial score (nSPS) is 15.3. The lowest BCUT2D eigenvalue weighted by Crippen LogP contribution is -2.46. The van der Waals surface area contributed by atoms with Gasteiger partial charge in [-0.2, -0.15) is 4.98 Å². The molecule has 0 saturated carbocycles. The third-order valence-corrected chi connectivity index (χ3v) is 5.13. The van der Waals surface area contributed by atoms with E-state index in [0.29, 0.717) is 18.3 Å². The minimum atomic E-state index is 0.643. The van der Waals surface area contributed by atoms with Crippen molar-refractivity contribution in [1.29, 1.82) is 0 Å². The number of hydrogen-bond donors (Lipinski definition) is 0. The van der Waals surface area contributed by atoms with Crippen molar-refractivity contribution in [2.24, 2.45) is 0 Å². The summed E-state index contributed by atoms with van der Waals surface area (Å²) in [5.41, 5.74) is 0.976. The third-order valence-electron chi connectivity index (χ3n) is 4.38. The summed E-state index contributed by atoms with van der Waals surface area (Å²) in [7, 11) is 0. The first-order valence-corrected chi connectivity index (χ1v) is 9.75. The molecule has 0 aliphatic carbocycles. The number of thioether (sulfide) groups is 1. The van der Waals surface area contributed by atoms with Crippen molar-refractivity contribution in [2.45, 2.75) is 11.4 Å². The molecule has 4 rings (SSSR count). The van der Waals surface area contributed by atoms with Gasteiger partial charge in [-0.15, -0.1) is 11.8 Å². The van der Waals surface area contributed by atoms with Gasteiger partial charge in [0.05, 0.1) is 6.54 Å². The van der Waals surface area contributed by atoms with Gasteiger partial charge in [-0.3, -0.25) is 4.90 Å². The summed E-state index contributed by atoms with van der Waals surface area (Å²) in [6.45, 7) is 4.28. The average Bonchev–Trinajstić information content (AvgIpc) is 3.18. The summed E-state index contributed by atoms with van der Waals surface area (Å²) in [6, 6.07) is 10.0. The van der Waals surface area contributed by atoms with E-state index in [1.807, 2.05) is 18.2 Å². The van der Waals surface area contributed by atoms with Gasteiger partial charge < -0.3 is 9.42 Å². The molecular formula is C18H20N6OS. The van der Waals surface area contributed by atoms with Gasteiger partial charge in [0.1, 0.15) is 0 Å². The van der Waals surface area contributed by atoms with Crippen LogP contribution in [0.15, 0.2) is 52.1 Å². The van der Waals surface area contributed by atoms with E-state index in [1.165, 1.54) is 4.90 Å². The molecule has 1 aliphatic heterocycles. The van der Waals surface area contributed by atoms with Crippen molar-refractivity contribution in [2.75, 3.05) is 37.3 Å². The summed E-state index contributed by atoms with van der Waals surface area (Å²) < 4.78 is 5.44. The minimum Gasteiger partial charge on any atom is -0.338 e. The molecule has 0 radical (unpaired) electrons. The highest BCUT2D eigenvalue weighted by Crippen LogP contribution is 2.21. The summed E-state index contributed by atoms with van der Waals surface area (Å²) in [6.07, 6.45) is 5.62. The summed E-state index contributed by atoms with van der Waals surface area (Å²) >= 11 is 1.72. The van der Waals surface area contributed by atoms with E-state index < -0.39 is 0 Å². The van der Waals surface area contributed by atoms with Crippen molar-refractivity contribution in [3.63, 3.8) is 0 Å². The second-order valence-corrected chi connectivity index (χ2v) is 6.93. The topological polar surface area (TPSA) is 71.2 Å². The van der Waals surface area contributed by atoms with Gasteiger partial charge in [0.2, 0.25) is 17.7 Å². The monoisotopic (exact) mass is 368 g/mol. The zero-order valence-electron chi connectivity index (χ0n) is 14.6. The molecule has 7 nitrogen and oxygen atoms in total. The molecule has 0 unspecified atom stereocenters. The largest absolute Gasteiger partial charge is 0.338 e. The minimum absolute atomic E-state index is 0.643. The lowest BCUT2D eigenvalue weighted by molar-refractivity contribution is 0.214. The van der Waals surface area contributed by atoms with Gasteiger partial charge in [-0.05, 0) is 36.6 Å². The number of rotatable bonds is 5. The van der Waals surface area contributed by atoms with Gasteiger partial charge in [-0.1, -0.05) is 5.16 Å². The Morgan fingerprint density at radius 1 is 1.04 bits per heavy atom. The number of benzene rings is 1. The zero-order chi connectivity index (χ0) is 17.8. The highest BCUT2D eigenvalue weighted by molar-refractivity contribution is 7.98. The third kappa shape index (κ3) is 3.86. The molecule has 0 atom stereocenters. The van der Waals surface area contributed by atoms with Crippen LogP contribution in [0.3, 0.4) is 0 Å². The van der Waals surface area contributed by atoms with Crippen LogP contribution in [0.1, 0.15) is 5.89 Å². The van der Waals surface area contributed by atoms with Gasteiger partial charge in [0, 0.05) is 49.0 Å². The summed E-state index contributed by atoms with van der Waals surface area (Å²) in [5, 5.41) is 4.12. The van der Waals surface area contributed by atoms with Gasteiger partial charge in [0.25, 0.3) is 0 Å². The van der Waals surface area contributed by atoms with E-state index in [9.17, 15) is 0 Å². The van der Waals surface area contributed by atoms with Crippen molar-refractivity contribution in [3.05, 3.63) is 48.6 Å². The Morgan fingerprint density at radius 3 is 2.46 bits per heavy atom. The predicted octanol–water partition coefficient (Wildman–Crippen LogP) is 2.57. The van der Waals surface area contributed by atoms with Crippen LogP contribution >= 0.6 is 11.8 Å². The number of anilines is 1. The van der Waals surface area contributed by atoms with Gasteiger partial charge >= 0.3 is 0 Å². The van der Waals surface area contributed by atoms with Crippen molar-refractivity contribution >= 4 is 17.7 Å². The molecule has 2 aromatic heterocycles. The molecule has 3 aromatic rings. The fourth-order valence-corrected chi connectivity index (χ4v) is 3.34. The molecular weight excluding hydrogens is 348 g/mol. The predicted molar refractivity (Wildman–Crippen MR) is 101 cm³/mol. The molecule has 1 aromatic carbocycles. The Hall–Kier alpha value is -2.45. The molecule has 1 saturated heterocycles. The van der Waals surface area contributed by atoms with E-state index in [1.54, 1.807) is 24.2 Å². The fourth-order valence-electron chi connectivity index (χ4n) is 2.93. The molecule has 0 amide bonds. The Morgan fingerprint density at radius 2 is 1.77 bits per heavy atom. The smallest absolute Gasteiger partial charge is 0.241 e. The van der Waals surface area contributed by atoms with Crippen LogP contribution in [0.5, 0.6) is 0 Å². The number of hydrogen-bond acceptors (Lipinski definition) is 8. The summed E-state index contributed by atoms with van der Waals surface area (Å²) in [4.78, 5) is 18.9. The van der Waals surface area contributed by atoms with Crippen LogP contribution in [0, 0.1) is 0 Å². The van der Waals surface area contributed by atoms with Crippen LogP contribution in [-0.4, -0.2) is 57.4 Å². The maximum absolute atomic E-state index is 5.44. The lowest BCUT2D eigenvalue weighted by atomic mass is 10.2. The lowest BCUT2D eigenvalue weighted by Gasteiger charge is -2.33. The Labute approximate surface area is 156 Å². The van der Waals surface area contributed by atoms with Crippen molar-refractivity contribution < 1.29 is 4.52 Å². The molecule has 0 spiro atoms. The average molecular weight is 368 g/mol. The molecule has 1 fully saturated rings. The molecule has 26 heavy (non-hydrogen) atoms. The second kappa shape index (κ2) is 7.84. The van der Waals surface area contributed by atoms with Crippen molar-refractivity contribution in [1.82, 2.24) is 25.0 Å². The number of piperazine rings is 1. The van der Waals surface area contributed by atoms with E-state index in [2.05, 4.69) is 48.3 Å². The molecule has 0 N–H and O–H groups in total. The highest BCUT2D eigenvalue weighted by Gasteiger charge is 2.20. The van der Waals surface area contributed by atoms with Crippen LogP contribution in [0.4, 0.5) is 5.95 Å². The highest BCUT2D eigenvalue weighted by atomic mass is 32.2. The van der Waals surface area contributed by atoms with E-state index in [4.69, 9.17) is 4.52 Å². The molecule has 1 aliphatic rings.